The second-order valence-corrected chi connectivity index (χ2v) is 8.01. The van der Waals surface area contributed by atoms with Crippen molar-refractivity contribution < 1.29 is 9.59 Å². The maximum atomic E-state index is 13.0. The van der Waals surface area contributed by atoms with Gasteiger partial charge in [-0.2, -0.15) is 0 Å². The van der Waals surface area contributed by atoms with Crippen LogP contribution in [0.1, 0.15) is 18.4 Å². The molecule has 3 heterocycles. The predicted octanol–water partition coefficient (Wildman–Crippen LogP) is 1.81. The Bertz CT molecular complexity index is 1280. The Kier molecular flexibility index (Phi) is 4.54. The Labute approximate surface area is 173 Å². The number of nitrogens with two attached hydrogens (primary N) is 1. The standard InChI is InChI=1S/C24H22N4O2/c25-20-7-9-26-22-11-15(5-6-19(20)22)14-28-10-8-17(24(28)30)13-18-12-16-3-1-2-4-21(16)27-23(18)29/h1-7,9,11-12,17-18H,8,10,13-14H2,(H2,25,26). The fourth-order valence-electron chi connectivity index (χ4n) is 4.41. The van der Waals surface area contributed by atoms with Crippen LogP contribution in [-0.4, -0.2) is 28.2 Å². The summed E-state index contributed by atoms with van der Waals surface area (Å²) in [6, 6.07) is 15.3. The second-order valence-electron chi connectivity index (χ2n) is 8.01. The number of anilines is 1. The largest absolute Gasteiger partial charge is 0.398 e. The summed E-state index contributed by atoms with van der Waals surface area (Å²) in [5, 5.41) is 2.60. The maximum absolute atomic E-state index is 13.0. The van der Waals surface area contributed by atoms with Gasteiger partial charge in [0.25, 0.3) is 5.91 Å². The molecule has 2 unspecified atom stereocenters. The quantitative estimate of drug-likeness (QED) is 0.726. The number of nitrogens with zero attached hydrogens (tertiary/aromatic N) is 3. The van der Waals surface area contributed by atoms with Gasteiger partial charge in [-0.25, -0.2) is 4.99 Å². The summed E-state index contributed by atoms with van der Waals surface area (Å²) in [5.74, 6) is -0.527. The number of aromatic nitrogens is 1. The molecule has 1 fully saturated rings. The average molecular weight is 398 g/mol. The predicted molar refractivity (Wildman–Crippen MR) is 114 cm³/mol. The summed E-state index contributed by atoms with van der Waals surface area (Å²) in [7, 11) is 0. The molecule has 5 rings (SSSR count). The third-order valence-corrected chi connectivity index (χ3v) is 6.03. The molecule has 2 amide bonds. The van der Waals surface area contributed by atoms with Crippen molar-refractivity contribution in [1.29, 1.82) is 0 Å². The highest BCUT2D eigenvalue weighted by molar-refractivity contribution is 5.90. The lowest BCUT2D eigenvalue weighted by atomic mass is 9.91. The van der Waals surface area contributed by atoms with E-state index in [-0.39, 0.29) is 23.7 Å². The van der Waals surface area contributed by atoms with Crippen LogP contribution < -0.4 is 16.3 Å². The smallest absolute Gasteiger partial charge is 0.253 e. The molecule has 0 aliphatic carbocycles. The van der Waals surface area contributed by atoms with Crippen LogP contribution in [0.15, 0.2) is 59.7 Å². The molecule has 30 heavy (non-hydrogen) atoms. The summed E-state index contributed by atoms with van der Waals surface area (Å²) in [5.41, 5.74) is 8.55. The molecule has 2 aliphatic heterocycles. The molecule has 6 heteroatoms. The minimum absolute atomic E-state index is 0.107. The molecule has 2 aliphatic rings. The van der Waals surface area contributed by atoms with E-state index in [9.17, 15) is 9.59 Å². The first-order chi connectivity index (χ1) is 14.6. The summed E-state index contributed by atoms with van der Waals surface area (Å²) in [6.07, 6.45) is 4.93. The minimum Gasteiger partial charge on any atom is -0.398 e. The average Bonchev–Trinajstić information content (AvgIpc) is 3.08. The van der Waals surface area contributed by atoms with Gasteiger partial charge in [-0.15, -0.1) is 0 Å². The number of amides is 2. The number of fused-ring (bicyclic) bond motifs is 2. The normalized spacial score (nSPS) is 20.7. The van der Waals surface area contributed by atoms with Gasteiger partial charge >= 0.3 is 0 Å². The van der Waals surface area contributed by atoms with Crippen LogP contribution in [0.3, 0.4) is 0 Å². The third kappa shape index (κ3) is 3.34. The molecule has 6 nitrogen and oxygen atoms in total. The Balaban J connectivity index is 1.30. The summed E-state index contributed by atoms with van der Waals surface area (Å²) >= 11 is 0. The number of nitrogen functional groups attached to an aromatic ring is 1. The van der Waals surface area contributed by atoms with E-state index in [2.05, 4.69) is 9.98 Å². The van der Waals surface area contributed by atoms with E-state index in [1.807, 2.05) is 53.4 Å². The van der Waals surface area contributed by atoms with Gasteiger partial charge in [-0.05, 0) is 41.8 Å². The molecule has 150 valence electrons. The van der Waals surface area contributed by atoms with Gasteiger partial charge in [0.2, 0.25) is 5.91 Å². The number of hydrogen-bond acceptors (Lipinski definition) is 4. The number of rotatable bonds is 4. The van der Waals surface area contributed by atoms with Crippen molar-refractivity contribution >= 4 is 34.5 Å². The Morgan fingerprint density at radius 1 is 1.10 bits per heavy atom. The topological polar surface area (TPSA) is 88.7 Å². The minimum atomic E-state index is -0.332. The van der Waals surface area contributed by atoms with Gasteiger partial charge < -0.3 is 10.6 Å². The first-order valence-corrected chi connectivity index (χ1v) is 10.2. The highest BCUT2D eigenvalue weighted by atomic mass is 16.2. The van der Waals surface area contributed by atoms with Crippen LogP contribution in [0.5, 0.6) is 0 Å². The fourth-order valence-corrected chi connectivity index (χ4v) is 4.41. The van der Waals surface area contributed by atoms with Crippen LogP contribution in [0.25, 0.3) is 17.0 Å². The summed E-state index contributed by atoms with van der Waals surface area (Å²) in [6.45, 7) is 1.23. The Morgan fingerprint density at radius 2 is 1.97 bits per heavy atom. The molecule has 1 aromatic heterocycles. The van der Waals surface area contributed by atoms with Crippen molar-refractivity contribution in [3.05, 3.63) is 70.9 Å². The van der Waals surface area contributed by atoms with E-state index < -0.39 is 0 Å². The molecule has 3 aromatic rings. The molecule has 0 radical (unpaired) electrons. The van der Waals surface area contributed by atoms with Crippen LogP contribution in [-0.2, 0) is 16.1 Å². The van der Waals surface area contributed by atoms with Gasteiger partial charge in [0.05, 0.1) is 16.8 Å². The van der Waals surface area contributed by atoms with Crippen molar-refractivity contribution in [3.63, 3.8) is 0 Å². The number of benzene rings is 2. The first kappa shape index (κ1) is 18.5. The van der Waals surface area contributed by atoms with E-state index in [4.69, 9.17) is 5.73 Å². The second kappa shape index (κ2) is 7.37. The lowest BCUT2D eigenvalue weighted by molar-refractivity contribution is -0.132. The van der Waals surface area contributed by atoms with E-state index >= 15 is 0 Å². The van der Waals surface area contributed by atoms with E-state index in [0.717, 1.165) is 28.1 Å². The SMILES string of the molecule is Nc1ccnc2cc(CN3CCC(CC4C=c5ccccc5=NC4=O)C3=O)ccc12. The van der Waals surface area contributed by atoms with Crippen LogP contribution in [0.4, 0.5) is 5.69 Å². The monoisotopic (exact) mass is 398 g/mol. The van der Waals surface area contributed by atoms with Crippen molar-refractivity contribution in [2.24, 2.45) is 16.8 Å². The van der Waals surface area contributed by atoms with Gasteiger partial charge in [0, 0.05) is 36.3 Å². The molecule has 2 N–H and O–H groups in total. The molecule has 0 bridgehead atoms. The van der Waals surface area contributed by atoms with E-state index in [1.54, 1.807) is 12.3 Å². The summed E-state index contributed by atoms with van der Waals surface area (Å²) < 4.78 is 0. The van der Waals surface area contributed by atoms with E-state index in [1.165, 1.54) is 0 Å². The molecule has 2 aromatic carbocycles. The lowest BCUT2D eigenvalue weighted by Crippen LogP contribution is -2.35. The van der Waals surface area contributed by atoms with E-state index in [0.29, 0.717) is 30.6 Å². The van der Waals surface area contributed by atoms with Crippen molar-refractivity contribution in [1.82, 2.24) is 9.88 Å². The molecule has 0 spiro atoms. The molecular weight excluding hydrogens is 376 g/mol. The highest BCUT2D eigenvalue weighted by Gasteiger charge is 2.34. The highest BCUT2D eigenvalue weighted by Crippen LogP contribution is 2.28. The fraction of sp³-hybridized carbons (Fsp3) is 0.250. The molecule has 1 saturated heterocycles. The molecule has 2 atom stereocenters. The molecule has 0 saturated carbocycles. The van der Waals surface area contributed by atoms with Crippen molar-refractivity contribution in [2.75, 3.05) is 12.3 Å². The Hall–Kier alpha value is -3.54. The number of carbonyl (C=O) groups excluding carboxylic acids is 2. The molecular formula is C24H22N4O2. The number of pyridine rings is 1. The number of carbonyl (C=O) groups is 2. The zero-order valence-electron chi connectivity index (χ0n) is 16.5. The van der Waals surface area contributed by atoms with Crippen molar-refractivity contribution in [3.8, 4) is 0 Å². The number of likely N-dealkylation sites (tertiary alicyclic amines) is 1. The van der Waals surface area contributed by atoms with Crippen molar-refractivity contribution in [2.45, 2.75) is 19.4 Å². The zero-order valence-corrected chi connectivity index (χ0v) is 16.5. The maximum Gasteiger partial charge on any atom is 0.253 e. The zero-order chi connectivity index (χ0) is 20.7. The van der Waals surface area contributed by atoms with Gasteiger partial charge in [0.1, 0.15) is 0 Å². The van der Waals surface area contributed by atoms with Gasteiger partial charge in [0.15, 0.2) is 0 Å². The van der Waals surface area contributed by atoms with Crippen LogP contribution >= 0.6 is 0 Å². The number of para-hydroxylation sites is 1. The van der Waals surface area contributed by atoms with Crippen LogP contribution in [0.2, 0.25) is 0 Å². The third-order valence-electron chi connectivity index (χ3n) is 6.03. The van der Waals surface area contributed by atoms with Gasteiger partial charge in [-0.3, -0.25) is 14.6 Å². The van der Waals surface area contributed by atoms with Crippen LogP contribution in [0, 0.1) is 11.8 Å². The lowest BCUT2D eigenvalue weighted by Gasteiger charge is -2.19. The first-order valence-electron chi connectivity index (χ1n) is 10.2. The summed E-state index contributed by atoms with van der Waals surface area (Å²) in [4.78, 5) is 35.9. The number of hydrogen-bond donors (Lipinski definition) is 1. The van der Waals surface area contributed by atoms with Gasteiger partial charge in [-0.1, -0.05) is 36.4 Å². The Morgan fingerprint density at radius 3 is 2.87 bits per heavy atom.